The van der Waals surface area contributed by atoms with E-state index in [1.165, 1.54) is 275 Å². The van der Waals surface area contributed by atoms with Crippen LogP contribution in [-0.4, -0.2) is 4.70 Å². The fourth-order valence-corrected chi connectivity index (χ4v) is 11.1. The fraction of sp³-hybridized carbons (Fsp3) is 0.750. The molecule has 0 amide bonds. The third-order valence-corrected chi connectivity index (χ3v) is 15.5. The summed E-state index contributed by atoms with van der Waals surface area (Å²) in [5.74, 6) is 0. The quantitative estimate of drug-likeness (QED) is 0.0359. The van der Waals surface area contributed by atoms with Crippen LogP contribution in [0.3, 0.4) is 0 Å². The van der Waals surface area contributed by atoms with Crippen LogP contribution in [0.1, 0.15) is 308 Å². The molecule has 3 heteroatoms. The molecule has 1 aliphatic rings. The zero-order valence-electron chi connectivity index (χ0n) is 45.5. The van der Waals surface area contributed by atoms with Crippen molar-refractivity contribution in [2.75, 3.05) is 0 Å². The van der Waals surface area contributed by atoms with Crippen LogP contribution in [0.15, 0.2) is 59.7 Å². The number of aryl methyl sites for hydroxylation is 2. The van der Waals surface area contributed by atoms with Crippen molar-refractivity contribution < 1.29 is 19.1 Å². The molecule has 0 fully saturated rings. The molecule has 2 aromatic rings. The summed E-state index contributed by atoms with van der Waals surface area (Å²) in [6, 6.07) is 18.2. The summed E-state index contributed by atoms with van der Waals surface area (Å²) >= 11 is 2.02. The number of nitrogens with zero attached hydrogens (tertiary/aromatic N) is 2. The molecule has 386 valence electrons. The Morgan fingerprint density at radius 1 is 0.328 bits per heavy atom. The van der Waals surface area contributed by atoms with Crippen molar-refractivity contribution in [1.82, 2.24) is 0 Å². The van der Waals surface area contributed by atoms with Crippen LogP contribution in [0.5, 0.6) is 0 Å². The van der Waals surface area contributed by atoms with Gasteiger partial charge in [-0.1, -0.05) is 155 Å². The van der Waals surface area contributed by atoms with E-state index in [0.717, 1.165) is 37.1 Å². The number of hydrogen-bond acceptors (Lipinski definition) is 0. The van der Waals surface area contributed by atoms with E-state index in [9.17, 15) is 5.53 Å². The number of rotatable bonds is 44. The van der Waals surface area contributed by atoms with Crippen LogP contribution >= 0.6 is 0 Å². The molecule has 0 aliphatic carbocycles. The zero-order valence-corrected chi connectivity index (χ0v) is 46.5. The molecular weight excluding hydrogens is 855 g/mol. The summed E-state index contributed by atoms with van der Waals surface area (Å²) in [5, 5.41) is 2.86. The Labute approximate surface area is 424 Å². The van der Waals surface area contributed by atoms with Crippen molar-refractivity contribution in [2.24, 2.45) is 0 Å². The van der Waals surface area contributed by atoms with E-state index in [-0.39, 0.29) is 0 Å². The third-order valence-electron chi connectivity index (χ3n) is 14.1. The Morgan fingerprint density at radius 3 is 0.955 bits per heavy atom. The first kappa shape index (κ1) is 61.1. The van der Waals surface area contributed by atoms with Gasteiger partial charge in [0.1, 0.15) is 0 Å². The van der Waals surface area contributed by atoms with Crippen molar-refractivity contribution in [3.63, 3.8) is 0 Å². The van der Waals surface area contributed by atoms with Gasteiger partial charge in [0, 0.05) is 22.3 Å². The number of hydrogen-bond donors (Lipinski definition) is 0. The molecule has 67 heavy (non-hydrogen) atoms. The van der Waals surface area contributed by atoms with Gasteiger partial charge in [-0.3, -0.25) is 0 Å². The standard InChI is InChI=1S/C44H68N2.2C10H21.Ni/c1-5-9-13-16-19-22-28-38-30-26-32-40(36-38)44-42(34-24-21-18-15-11-7-3)41(33-23-20-17-14-10-6-2)43(46(44)45)39-31-25-29-37(35-39)27-12-8-4;2*1-3-5-7-9-10-8-6-4-2;/h25-26,29-32,35-36H,5-24,27-28,33-34H2,1-4H3;2*1,3-10H2,2H3;. The minimum absolute atomic E-state index is 1.05. The van der Waals surface area contributed by atoms with Gasteiger partial charge in [0.15, 0.2) is 0 Å². The van der Waals surface area contributed by atoms with Gasteiger partial charge in [-0.15, -0.1) is 0 Å². The summed E-state index contributed by atoms with van der Waals surface area (Å²) in [5.41, 5.74) is 22.3. The SMILES string of the molecule is CCCCCCCCC1=C(c2cccc(CCCC)c2)[N+](=[N-])C(c2cccc(CCCCCCCC)c2)=C1CCCCCCCC.CCCCCCCCC[CH2][Ni][CH2]CCCCCCCCC. The third kappa shape index (κ3) is 29.1. The van der Waals surface area contributed by atoms with Gasteiger partial charge >= 0.3 is 142 Å². The van der Waals surface area contributed by atoms with Crippen LogP contribution in [0.2, 0.25) is 10.8 Å². The normalized spacial score (nSPS) is 12.8. The number of allylic oxidation sites excluding steroid dienone is 2. The summed E-state index contributed by atoms with van der Waals surface area (Å²) in [6.45, 7) is 13.7. The topological polar surface area (TPSA) is 25.3 Å². The van der Waals surface area contributed by atoms with E-state index in [4.69, 9.17) is 0 Å². The molecule has 1 heterocycles. The number of benzene rings is 2. The first-order valence-electron chi connectivity index (χ1n) is 29.6. The monoisotopic (exact) mass is 965 g/mol. The molecule has 1 aliphatic heterocycles. The molecule has 2 aromatic carbocycles. The molecule has 0 saturated carbocycles. The van der Waals surface area contributed by atoms with Gasteiger partial charge in [0.2, 0.25) is 11.4 Å². The second kappa shape index (κ2) is 44.0. The second-order valence-electron chi connectivity index (χ2n) is 20.4. The fourth-order valence-electron chi connectivity index (χ4n) is 9.85. The Morgan fingerprint density at radius 2 is 0.612 bits per heavy atom. The molecule has 0 saturated heterocycles. The second-order valence-corrected chi connectivity index (χ2v) is 21.9. The van der Waals surface area contributed by atoms with Gasteiger partial charge in [0.05, 0.1) is 0 Å². The predicted octanol–water partition coefficient (Wildman–Crippen LogP) is 22.8. The van der Waals surface area contributed by atoms with Crippen molar-refractivity contribution in [3.8, 4) is 0 Å². The van der Waals surface area contributed by atoms with Crippen molar-refractivity contribution in [3.05, 3.63) is 87.5 Å². The zero-order chi connectivity index (χ0) is 48.3. The maximum absolute atomic E-state index is 12.2. The molecule has 0 bridgehead atoms. The Hall–Kier alpha value is -1.99. The summed E-state index contributed by atoms with van der Waals surface area (Å²) in [4.78, 5) is 0. The first-order valence-corrected chi connectivity index (χ1v) is 31.0. The molecule has 0 radical (unpaired) electrons. The summed E-state index contributed by atoms with van der Waals surface area (Å²) in [6.07, 6.45) is 53.4. The average molecular weight is 966 g/mol. The van der Waals surface area contributed by atoms with E-state index in [1.807, 2.05) is 14.4 Å². The molecule has 0 spiro atoms. The average Bonchev–Trinajstić information content (AvgIpc) is 3.62. The van der Waals surface area contributed by atoms with Gasteiger partial charge in [-0.05, 0) is 86.8 Å². The summed E-state index contributed by atoms with van der Waals surface area (Å²) in [7, 11) is 0. The van der Waals surface area contributed by atoms with Crippen molar-refractivity contribution in [1.29, 1.82) is 0 Å². The Balaban J connectivity index is 0.000000617. The minimum atomic E-state index is 1.05. The van der Waals surface area contributed by atoms with Crippen LogP contribution in [-0.2, 0) is 27.3 Å². The van der Waals surface area contributed by atoms with Gasteiger partial charge in [0.25, 0.3) is 0 Å². The van der Waals surface area contributed by atoms with Crippen LogP contribution in [0.25, 0.3) is 16.9 Å². The van der Waals surface area contributed by atoms with Crippen LogP contribution in [0.4, 0.5) is 0 Å². The van der Waals surface area contributed by atoms with E-state index >= 15 is 0 Å². The van der Waals surface area contributed by atoms with Crippen LogP contribution in [0, 0.1) is 0 Å². The van der Waals surface area contributed by atoms with Crippen LogP contribution < -0.4 is 0 Å². The van der Waals surface area contributed by atoms with E-state index in [1.54, 1.807) is 4.70 Å². The van der Waals surface area contributed by atoms with Gasteiger partial charge in [-0.2, -0.15) is 0 Å². The van der Waals surface area contributed by atoms with Crippen molar-refractivity contribution >= 4 is 11.4 Å². The molecule has 0 unspecified atom stereocenters. The molecule has 2 nitrogen and oxygen atoms in total. The molecule has 0 aromatic heterocycles. The number of unbranched alkanes of at least 4 members (excludes halogenated alkanes) is 30. The predicted molar refractivity (Wildman–Crippen MR) is 297 cm³/mol. The molecule has 0 N–H and O–H groups in total. The summed E-state index contributed by atoms with van der Waals surface area (Å²) < 4.78 is 1.61. The van der Waals surface area contributed by atoms with E-state index in [2.05, 4.69) is 90.1 Å². The van der Waals surface area contributed by atoms with Gasteiger partial charge < -0.3 is 5.53 Å². The van der Waals surface area contributed by atoms with E-state index < -0.39 is 0 Å². The molecule has 3 rings (SSSR count). The maximum atomic E-state index is 12.2. The van der Waals surface area contributed by atoms with Gasteiger partial charge in [-0.25, -0.2) is 4.70 Å². The first-order chi connectivity index (χ1) is 33.1. The molecule has 0 atom stereocenters. The van der Waals surface area contributed by atoms with E-state index in [0.29, 0.717) is 0 Å². The Kier molecular flexibility index (Phi) is 40.1. The van der Waals surface area contributed by atoms with Crippen molar-refractivity contribution in [2.45, 2.75) is 309 Å². The molecular formula is C64H110N2Ni. The Bertz CT molecular complexity index is 1520.